The van der Waals surface area contributed by atoms with Gasteiger partial charge in [-0.1, -0.05) is 6.42 Å². The van der Waals surface area contributed by atoms with E-state index in [1.54, 1.807) is 0 Å². The zero-order chi connectivity index (χ0) is 14.8. The van der Waals surface area contributed by atoms with Gasteiger partial charge in [-0.3, -0.25) is 4.79 Å². The van der Waals surface area contributed by atoms with E-state index in [2.05, 4.69) is 5.32 Å². The molecule has 2 rings (SSSR count). The number of carbonyl (C=O) groups is 1. The normalized spacial score (nSPS) is 16.9. The number of nitrogens with one attached hydrogen (secondary N) is 1. The highest BCUT2D eigenvalue weighted by atomic mass is 32.2. The van der Waals surface area contributed by atoms with E-state index in [4.69, 9.17) is 0 Å². The van der Waals surface area contributed by atoms with E-state index in [-0.39, 0.29) is 16.6 Å². The van der Waals surface area contributed by atoms with Crippen molar-refractivity contribution in [1.29, 1.82) is 0 Å². The molecule has 0 bridgehead atoms. The summed E-state index contributed by atoms with van der Waals surface area (Å²) in [7, 11) is -3.72. The van der Waals surface area contributed by atoms with Crippen LogP contribution in [0.4, 0.5) is 5.69 Å². The number of anilines is 1. The van der Waals surface area contributed by atoms with Crippen LogP contribution in [0.2, 0.25) is 0 Å². The Balaban J connectivity index is 2.36. The first kappa shape index (κ1) is 14.8. The molecule has 7 heteroatoms. The fraction of sp³-hybridized carbons (Fsp3) is 0.462. The lowest BCUT2D eigenvalue weighted by Crippen LogP contribution is -2.35. The number of piperidine rings is 1. The Morgan fingerprint density at radius 3 is 2.50 bits per heavy atom. The number of sulfonamides is 1. The molecular formula is C13H18N2O4S. The standard InChI is InChI=1S/C13H18N2O4S/c1-10(16)14-11-5-6-12(17)13(9-11)20(18,19)15-7-3-2-4-8-15/h5-6,9,17H,2-4,7-8H2,1H3,(H,14,16). The number of carbonyl (C=O) groups excluding carboxylic acids is 1. The van der Waals surface area contributed by atoms with Gasteiger partial charge in [-0.05, 0) is 31.0 Å². The average molecular weight is 298 g/mol. The van der Waals surface area contributed by atoms with Crippen LogP contribution >= 0.6 is 0 Å². The van der Waals surface area contributed by atoms with E-state index in [1.165, 1.54) is 29.4 Å². The first-order valence-corrected chi connectivity index (χ1v) is 7.96. The fourth-order valence-corrected chi connectivity index (χ4v) is 3.87. The first-order valence-electron chi connectivity index (χ1n) is 6.52. The van der Waals surface area contributed by atoms with Crippen LogP contribution in [0, 0.1) is 0 Å². The zero-order valence-corrected chi connectivity index (χ0v) is 12.1. The molecule has 6 nitrogen and oxygen atoms in total. The molecule has 1 saturated heterocycles. The summed E-state index contributed by atoms with van der Waals surface area (Å²) < 4.78 is 26.4. The minimum atomic E-state index is -3.72. The van der Waals surface area contributed by atoms with Crippen molar-refractivity contribution in [3.05, 3.63) is 18.2 Å². The second kappa shape index (κ2) is 5.80. The van der Waals surface area contributed by atoms with E-state index in [0.29, 0.717) is 18.8 Å². The fourth-order valence-electron chi connectivity index (χ4n) is 2.25. The summed E-state index contributed by atoms with van der Waals surface area (Å²) in [5.41, 5.74) is 0.353. The van der Waals surface area contributed by atoms with Crippen LogP contribution in [0.3, 0.4) is 0 Å². The molecule has 2 N–H and O–H groups in total. The number of nitrogens with zero attached hydrogens (tertiary/aromatic N) is 1. The topological polar surface area (TPSA) is 86.7 Å². The van der Waals surface area contributed by atoms with Gasteiger partial charge in [-0.25, -0.2) is 8.42 Å². The van der Waals surface area contributed by atoms with Crippen molar-refractivity contribution in [3.8, 4) is 5.75 Å². The van der Waals surface area contributed by atoms with Gasteiger partial charge >= 0.3 is 0 Å². The lowest BCUT2D eigenvalue weighted by Gasteiger charge is -2.26. The number of aromatic hydroxyl groups is 1. The van der Waals surface area contributed by atoms with Gasteiger partial charge in [0.05, 0.1) is 0 Å². The lowest BCUT2D eigenvalue weighted by molar-refractivity contribution is -0.114. The second-order valence-corrected chi connectivity index (χ2v) is 6.73. The molecule has 1 amide bonds. The summed E-state index contributed by atoms with van der Waals surface area (Å²) >= 11 is 0. The Labute approximate surface area is 118 Å². The van der Waals surface area contributed by atoms with E-state index < -0.39 is 10.0 Å². The molecular weight excluding hydrogens is 280 g/mol. The maximum Gasteiger partial charge on any atom is 0.246 e. The molecule has 0 unspecified atom stereocenters. The maximum absolute atomic E-state index is 12.5. The SMILES string of the molecule is CC(=O)Nc1ccc(O)c(S(=O)(=O)N2CCCCC2)c1. The smallest absolute Gasteiger partial charge is 0.246 e. The van der Waals surface area contributed by atoms with Crippen molar-refractivity contribution in [2.75, 3.05) is 18.4 Å². The lowest BCUT2D eigenvalue weighted by atomic mass is 10.2. The van der Waals surface area contributed by atoms with Crippen LogP contribution in [0.5, 0.6) is 5.75 Å². The Morgan fingerprint density at radius 2 is 1.90 bits per heavy atom. The summed E-state index contributed by atoms with van der Waals surface area (Å²) in [4.78, 5) is 10.9. The molecule has 0 saturated carbocycles. The molecule has 1 heterocycles. The van der Waals surface area contributed by atoms with Crippen molar-refractivity contribution in [2.45, 2.75) is 31.1 Å². The van der Waals surface area contributed by atoms with E-state index >= 15 is 0 Å². The van der Waals surface area contributed by atoms with Gasteiger partial charge < -0.3 is 10.4 Å². The maximum atomic E-state index is 12.5. The molecule has 20 heavy (non-hydrogen) atoms. The molecule has 1 aromatic rings. The molecule has 1 aliphatic heterocycles. The third kappa shape index (κ3) is 3.10. The number of hydrogen-bond acceptors (Lipinski definition) is 4. The van der Waals surface area contributed by atoms with Crippen molar-refractivity contribution < 1.29 is 18.3 Å². The van der Waals surface area contributed by atoms with Gasteiger partial charge in [0.2, 0.25) is 15.9 Å². The van der Waals surface area contributed by atoms with Crippen molar-refractivity contribution in [1.82, 2.24) is 4.31 Å². The van der Waals surface area contributed by atoms with Gasteiger partial charge in [-0.2, -0.15) is 4.31 Å². The molecule has 0 aliphatic carbocycles. The van der Waals surface area contributed by atoms with Crippen LogP contribution in [-0.2, 0) is 14.8 Å². The number of phenolic OH excluding ortho intramolecular Hbond substituents is 1. The Kier molecular flexibility index (Phi) is 4.29. The Morgan fingerprint density at radius 1 is 1.25 bits per heavy atom. The Hall–Kier alpha value is -1.60. The number of phenols is 1. The van der Waals surface area contributed by atoms with Gasteiger partial charge in [-0.15, -0.1) is 0 Å². The highest BCUT2D eigenvalue weighted by molar-refractivity contribution is 7.89. The largest absolute Gasteiger partial charge is 0.507 e. The monoisotopic (exact) mass is 298 g/mol. The number of amides is 1. The van der Waals surface area contributed by atoms with Crippen LogP contribution in [0.15, 0.2) is 23.1 Å². The van der Waals surface area contributed by atoms with Gasteiger partial charge in [0.25, 0.3) is 0 Å². The van der Waals surface area contributed by atoms with Crippen molar-refractivity contribution in [3.63, 3.8) is 0 Å². The number of rotatable bonds is 3. The number of hydrogen-bond donors (Lipinski definition) is 2. The van der Waals surface area contributed by atoms with Gasteiger partial charge in [0.1, 0.15) is 10.6 Å². The predicted molar refractivity (Wildman–Crippen MR) is 75.0 cm³/mol. The molecule has 1 fully saturated rings. The van der Waals surface area contributed by atoms with Crippen LogP contribution in [-0.4, -0.2) is 36.8 Å². The first-order chi connectivity index (χ1) is 9.41. The third-order valence-corrected chi connectivity index (χ3v) is 5.14. The highest BCUT2D eigenvalue weighted by Crippen LogP contribution is 2.30. The summed E-state index contributed by atoms with van der Waals surface area (Å²) in [6.07, 6.45) is 2.67. The highest BCUT2D eigenvalue weighted by Gasteiger charge is 2.28. The molecule has 0 atom stereocenters. The van der Waals surface area contributed by atoms with E-state index in [9.17, 15) is 18.3 Å². The van der Waals surface area contributed by atoms with Crippen molar-refractivity contribution >= 4 is 21.6 Å². The minimum absolute atomic E-state index is 0.161. The van der Waals surface area contributed by atoms with Crippen molar-refractivity contribution in [2.24, 2.45) is 0 Å². The molecule has 110 valence electrons. The molecule has 0 aromatic heterocycles. The van der Waals surface area contributed by atoms with Gasteiger partial charge in [0, 0.05) is 25.7 Å². The van der Waals surface area contributed by atoms with E-state index in [0.717, 1.165) is 19.3 Å². The average Bonchev–Trinajstić information content (AvgIpc) is 2.41. The second-order valence-electron chi connectivity index (χ2n) is 4.83. The van der Waals surface area contributed by atoms with Crippen LogP contribution < -0.4 is 5.32 Å². The predicted octanol–water partition coefficient (Wildman–Crippen LogP) is 1.53. The molecule has 0 radical (unpaired) electrons. The minimum Gasteiger partial charge on any atom is -0.507 e. The molecule has 1 aromatic carbocycles. The van der Waals surface area contributed by atoms with E-state index in [1.807, 2.05) is 0 Å². The zero-order valence-electron chi connectivity index (χ0n) is 11.3. The Bertz CT molecular complexity index is 607. The van der Waals surface area contributed by atoms with Gasteiger partial charge in [0.15, 0.2) is 0 Å². The number of benzene rings is 1. The van der Waals surface area contributed by atoms with Crippen LogP contribution in [0.1, 0.15) is 26.2 Å². The third-order valence-electron chi connectivity index (χ3n) is 3.21. The summed E-state index contributed by atoms with van der Waals surface area (Å²) in [6, 6.07) is 4.04. The molecule has 0 spiro atoms. The van der Waals surface area contributed by atoms with Crippen LogP contribution in [0.25, 0.3) is 0 Å². The summed E-state index contributed by atoms with van der Waals surface area (Å²) in [5, 5.41) is 12.3. The summed E-state index contributed by atoms with van der Waals surface area (Å²) in [6.45, 7) is 2.27. The summed E-state index contributed by atoms with van der Waals surface area (Å²) in [5.74, 6) is -0.596. The quantitative estimate of drug-likeness (QED) is 0.828. The molecule has 1 aliphatic rings.